The van der Waals surface area contributed by atoms with Gasteiger partial charge in [0.2, 0.25) is 0 Å². The lowest BCUT2D eigenvalue weighted by atomic mass is 9.83. The molecule has 1 rings (SSSR count). The third-order valence-electron chi connectivity index (χ3n) is 2.14. The number of hydrogen-bond donors (Lipinski definition) is 0. The third kappa shape index (κ3) is 1.66. The average molecular weight is 140 g/mol. The molecule has 0 saturated heterocycles. The summed E-state index contributed by atoms with van der Waals surface area (Å²) in [5.74, 6) is 0.313. The maximum Gasteiger partial charge on any atom is 0.123 e. The van der Waals surface area contributed by atoms with E-state index in [0.717, 1.165) is 38.3 Å². The van der Waals surface area contributed by atoms with Crippen LogP contribution in [0.2, 0.25) is 0 Å². The second-order valence-electron chi connectivity index (χ2n) is 2.96. The van der Waals surface area contributed by atoms with Crippen LogP contribution in [0.25, 0.3) is 0 Å². The summed E-state index contributed by atoms with van der Waals surface area (Å²) in [5.41, 5.74) is 0. The van der Waals surface area contributed by atoms with Gasteiger partial charge in [-0.2, -0.15) is 0 Å². The van der Waals surface area contributed by atoms with Gasteiger partial charge in [-0.15, -0.1) is 0 Å². The van der Waals surface area contributed by atoms with Crippen LogP contribution in [0.3, 0.4) is 0 Å². The van der Waals surface area contributed by atoms with E-state index in [9.17, 15) is 9.59 Å². The fourth-order valence-corrected chi connectivity index (χ4v) is 1.51. The molecule has 0 spiro atoms. The summed E-state index contributed by atoms with van der Waals surface area (Å²) in [4.78, 5) is 20.6. The zero-order valence-electron chi connectivity index (χ0n) is 5.95. The number of rotatable bonds is 2. The van der Waals surface area contributed by atoms with Gasteiger partial charge in [0.05, 0.1) is 0 Å². The molecule has 2 unspecified atom stereocenters. The number of carbonyl (C=O) groups is 2. The Morgan fingerprint density at radius 2 is 1.50 bits per heavy atom. The highest BCUT2D eigenvalue weighted by molar-refractivity contribution is 5.58. The fourth-order valence-electron chi connectivity index (χ4n) is 1.51. The Morgan fingerprint density at radius 1 is 1.00 bits per heavy atom. The molecule has 0 aliphatic heterocycles. The van der Waals surface area contributed by atoms with Crippen molar-refractivity contribution in [1.82, 2.24) is 0 Å². The van der Waals surface area contributed by atoms with E-state index in [-0.39, 0.29) is 11.8 Å². The first-order valence-electron chi connectivity index (χ1n) is 3.77. The van der Waals surface area contributed by atoms with Gasteiger partial charge in [-0.25, -0.2) is 0 Å². The van der Waals surface area contributed by atoms with E-state index in [1.54, 1.807) is 0 Å². The van der Waals surface area contributed by atoms with Crippen LogP contribution in [0, 0.1) is 11.8 Å². The molecule has 2 nitrogen and oxygen atoms in total. The summed E-state index contributed by atoms with van der Waals surface area (Å²) in [7, 11) is 0. The van der Waals surface area contributed by atoms with Gasteiger partial charge in [0.25, 0.3) is 0 Å². The van der Waals surface area contributed by atoms with Gasteiger partial charge in [-0.1, -0.05) is 6.42 Å². The maximum absolute atomic E-state index is 10.3. The van der Waals surface area contributed by atoms with Crippen molar-refractivity contribution in [1.29, 1.82) is 0 Å². The maximum atomic E-state index is 10.3. The minimum absolute atomic E-state index is 0.156. The molecule has 0 amide bonds. The Kier molecular flexibility index (Phi) is 2.60. The van der Waals surface area contributed by atoms with E-state index >= 15 is 0 Å². The number of aldehydes is 2. The molecule has 2 heteroatoms. The lowest BCUT2D eigenvalue weighted by molar-refractivity contribution is -0.115. The van der Waals surface area contributed by atoms with E-state index in [1.165, 1.54) is 0 Å². The summed E-state index contributed by atoms with van der Waals surface area (Å²) >= 11 is 0. The number of carbonyl (C=O) groups excluding carboxylic acids is 2. The minimum atomic E-state index is 0.156. The van der Waals surface area contributed by atoms with Crippen LogP contribution >= 0.6 is 0 Å². The first kappa shape index (κ1) is 7.45. The van der Waals surface area contributed by atoms with Crippen LogP contribution in [-0.2, 0) is 9.59 Å². The molecular formula is C8H12O2. The summed E-state index contributed by atoms with van der Waals surface area (Å²) in [6.07, 6.45) is 5.74. The highest BCUT2D eigenvalue weighted by Gasteiger charge is 2.20. The van der Waals surface area contributed by atoms with Gasteiger partial charge in [-0.3, -0.25) is 0 Å². The van der Waals surface area contributed by atoms with Crippen molar-refractivity contribution in [2.75, 3.05) is 0 Å². The van der Waals surface area contributed by atoms with Crippen LogP contribution in [-0.4, -0.2) is 12.6 Å². The first-order chi connectivity index (χ1) is 4.86. The average Bonchev–Trinajstić information content (AvgIpc) is 2.05. The molecule has 2 atom stereocenters. The third-order valence-corrected chi connectivity index (χ3v) is 2.14. The van der Waals surface area contributed by atoms with Gasteiger partial charge in [0.15, 0.2) is 0 Å². The van der Waals surface area contributed by atoms with E-state index < -0.39 is 0 Å². The Morgan fingerprint density at radius 3 is 1.90 bits per heavy atom. The van der Waals surface area contributed by atoms with Crippen molar-refractivity contribution in [3.05, 3.63) is 0 Å². The zero-order chi connectivity index (χ0) is 7.40. The second-order valence-corrected chi connectivity index (χ2v) is 2.96. The van der Waals surface area contributed by atoms with Gasteiger partial charge in [-0.05, 0) is 19.3 Å². The standard InChI is InChI=1S/C8H12O2/c9-5-7-2-1-3-8(4-7)6-10/h5-8H,1-4H2. The monoisotopic (exact) mass is 140 g/mol. The van der Waals surface area contributed by atoms with Gasteiger partial charge >= 0.3 is 0 Å². The van der Waals surface area contributed by atoms with Gasteiger partial charge in [0, 0.05) is 11.8 Å². The topological polar surface area (TPSA) is 34.1 Å². The van der Waals surface area contributed by atoms with E-state index in [4.69, 9.17) is 0 Å². The highest BCUT2D eigenvalue weighted by Crippen LogP contribution is 2.25. The highest BCUT2D eigenvalue weighted by atomic mass is 16.1. The molecule has 56 valence electrons. The molecule has 0 bridgehead atoms. The Hall–Kier alpha value is -0.660. The van der Waals surface area contributed by atoms with Crippen molar-refractivity contribution in [2.24, 2.45) is 11.8 Å². The normalized spacial score (nSPS) is 33.2. The Balaban J connectivity index is 2.38. The van der Waals surface area contributed by atoms with E-state index in [1.807, 2.05) is 0 Å². The SMILES string of the molecule is O=CC1CCCC(C=O)C1. The molecule has 0 aromatic heterocycles. The lowest BCUT2D eigenvalue weighted by Gasteiger charge is -2.20. The molecular weight excluding hydrogens is 128 g/mol. The van der Waals surface area contributed by atoms with Gasteiger partial charge in [0.1, 0.15) is 12.6 Å². The predicted molar refractivity (Wildman–Crippen MR) is 37.6 cm³/mol. The molecule has 0 radical (unpaired) electrons. The number of hydrogen-bond acceptors (Lipinski definition) is 2. The minimum Gasteiger partial charge on any atom is -0.303 e. The Labute approximate surface area is 60.6 Å². The summed E-state index contributed by atoms with van der Waals surface area (Å²) in [6, 6.07) is 0. The molecule has 0 heterocycles. The van der Waals surface area contributed by atoms with Crippen LogP contribution in [0.1, 0.15) is 25.7 Å². The van der Waals surface area contributed by atoms with Crippen LogP contribution in [0.5, 0.6) is 0 Å². The Bertz CT molecular complexity index is 117. The lowest BCUT2D eigenvalue weighted by Crippen LogP contribution is -2.17. The van der Waals surface area contributed by atoms with Crippen molar-refractivity contribution in [2.45, 2.75) is 25.7 Å². The van der Waals surface area contributed by atoms with Crippen molar-refractivity contribution >= 4 is 12.6 Å². The van der Waals surface area contributed by atoms with E-state index in [2.05, 4.69) is 0 Å². The smallest absolute Gasteiger partial charge is 0.123 e. The van der Waals surface area contributed by atoms with E-state index in [0.29, 0.717) is 0 Å². The van der Waals surface area contributed by atoms with Crippen LogP contribution < -0.4 is 0 Å². The first-order valence-corrected chi connectivity index (χ1v) is 3.77. The molecule has 1 aliphatic carbocycles. The van der Waals surface area contributed by atoms with Crippen molar-refractivity contribution in [3.8, 4) is 0 Å². The van der Waals surface area contributed by atoms with Crippen LogP contribution in [0.15, 0.2) is 0 Å². The van der Waals surface area contributed by atoms with Crippen molar-refractivity contribution < 1.29 is 9.59 Å². The molecule has 1 saturated carbocycles. The fraction of sp³-hybridized carbons (Fsp3) is 0.750. The largest absolute Gasteiger partial charge is 0.303 e. The summed E-state index contributed by atoms with van der Waals surface area (Å²) in [6.45, 7) is 0. The molecule has 1 fully saturated rings. The van der Waals surface area contributed by atoms with Crippen LogP contribution in [0.4, 0.5) is 0 Å². The summed E-state index contributed by atoms with van der Waals surface area (Å²) in [5, 5.41) is 0. The molecule has 0 aromatic carbocycles. The quantitative estimate of drug-likeness (QED) is 0.540. The van der Waals surface area contributed by atoms with Crippen molar-refractivity contribution in [3.63, 3.8) is 0 Å². The molecule has 10 heavy (non-hydrogen) atoms. The summed E-state index contributed by atoms with van der Waals surface area (Å²) < 4.78 is 0. The molecule has 0 aromatic rings. The zero-order valence-corrected chi connectivity index (χ0v) is 5.95. The van der Waals surface area contributed by atoms with Gasteiger partial charge < -0.3 is 9.59 Å². The molecule has 1 aliphatic rings. The second kappa shape index (κ2) is 3.49. The predicted octanol–water partition coefficient (Wildman–Crippen LogP) is 1.19. The molecule has 0 N–H and O–H groups in total.